The number of rotatable bonds is 9. The Morgan fingerprint density at radius 3 is 2.66 bits per heavy atom. The van der Waals surface area contributed by atoms with E-state index in [1.807, 2.05) is 23.6 Å². The molecule has 0 spiro atoms. The summed E-state index contributed by atoms with van der Waals surface area (Å²) in [5, 5.41) is 5.12. The molecular formula is C26H31N3O5S. The fourth-order valence-electron chi connectivity index (χ4n) is 4.77. The van der Waals surface area contributed by atoms with Gasteiger partial charge in [0.2, 0.25) is 0 Å². The molecule has 4 heterocycles. The molecule has 1 aliphatic carbocycles. The summed E-state index contributed by atoms with van der Waals surface area (Å²) in [6.07, 6.45) is 5.66. The minimum atomic E-state index is -0.895. The van der Waals surface area contributed by atoms with Gasteiger partial charge in [-0.15, -0.1) is 11.3 Å². The normalized spacial score (nSPS) is 17.9. The van der Waals surface area contributed by atoms with E-state index in [0.29, 0.717) is 25.5 Å². The molecule has 1 atom stereocenters. The molecule has 1 saturated carbocycles. The molecule has 2 fully saturated rings. The number of nitrogens with zero attached hydrogens (tertiary/aromatic N) is 2. The van der Waals surface area contributed by atoms with Crippen molar-refractivity contribution in [3.8, 4) is 0 Å². The van der Waals surface area contributed by atoms with Crippen LogP contribution >= 0.6 is 11.3 Å². The van der Waals surface area contributed by atoms with E-state index < -0.39 is 6.04 Å². The molecule has 3 aromatic heterocycles. The maximum Gasteiger partial charge on any atom is 0.290 e. The van der Waals surface area contributed by atoms with E-state index in [1.54, 1.807) is 34.4 Å². The van der Waals surface area contributed by atoms with E-state index in [-0.39, 0.29) is 30.2 Å². The van der Waals surface area contributed by atoms with Crippen LogP contribution in [0, 0.1) is 0 Å². The van der Waals surface area contributed by atoms with Crippen LogP contribution in [0.4, 0.5) is 0 Å². The largest absolute Gasteiger partial charge is 0.467 e. The Balaban J connectivity index is 1.41. The standard InChI is InChI=1S/C26H31N3O5S/c30-25(27-19-5-1-2-6-19)24(22-8-3-13-33-22)29(18-21-7-4-16-35-21)26(31)23-10-9-20(34-23)17-28-11-14-32-15-12-28/h3-4,7-10,13,16,19,24H,1-2,5-6,11-12,14-15,17-18H2,(H,27,30)/t24-/m1/s1. The van der Waals surface area contributed by atoms with Crippen molar-refractivity contribution in [1.29, 1.82) is 0 Å². The van der Waals surface area contributed by atoms with Crippen molar-refractivity contribution < 1.29 is 23.2 Å². The lowest BCUT2D eigenvalue weighted by molar-refractivity contribution is -0.127. The molecule has 2 amide bonds. The third-order valence-corrected chi connectivity index (χ3v) is 7.46. The van der Waals surface area contributed by atoms with E-state index in [2.05, 4.69) is 10.2 Å². The van der Waals surface area contributed by atoms with Crippen LogP contribution in [0.2, 0.25) is 0 Å². The molecule has 186 valence electrons. The monoisotopic (exact) mass is 497 g/mol. The van der Waals surface area contributed by atoms with Gasteiger partial charge in [0, 0.05) is 24.0 Å². The minimum absolute atomic E-state index is 0.127. The molecule has 1 aliphatic heterocycles. The number of carbonyl (C=O) groups is 2. The second kappa shape index (κ2) is 11.2. The predicted molar refractivity (Wildman–Crippen MR) is 131 cm³/mol. The van der Waals surface area contributed by atoms with Crippen LogP contribution in [-0.4, -0.2) is 54.0 Å². The first-order valence-corrected chi connectivity index (χ1v) is 13.1. The van der Waals surface area contributed by atoms with Crippen LogP contribution in [0.25, 0.3) is 0 Å². The number of hydrogen-bond donors (Lipinski definition) is 1. The number of amides is 2. The number of carbonyl (C=O) groups excluding carboxylic acids is 2. The number of ether oxygens (including phenoxy) is 1. The highest BCUT2D eigenvalue weighted by Gasteiger charge is 2.37. The van der Waals surface area contributed by atoms with Gasteiger partial charge in [-0.05, 0) is 48.6 Å². The summed E-state index contributed by atoms with van der Waals surface area (Å²) >= 11 is 1.55. The lowest BCUT2D eigenvalue weighted by Gasteiger charge is -2.30. The van der Waals surface area contributed by atoms with Crippen LogP contribution in [0.15, 0.2) is 56.9 Å². The highest BCUT2D eigenvalue weighted by molar-refractivity contribution is 7.09. The molecule has 5 rings (SSSR count). The Hall–Kier alpha value is -2.88. The first kappa shape index (κ1) is 23.8. The average Bonchev–Trinajstić information content (AvgIpc) is 3.68. The molecule has 8 nitrogen and oxygen atoms in total. The molecule has 1 saturated heterocycles. The highest BCUT2D eigenvalue weighted by Crippen LogP contribution is 2.29. The van der Waals surface area contributed by atoms with Crippen molar-refractivity contribution >= 4 is 23.2 Å². The number of thiophene rings is 1. The number of hydrogen-bond acceptors (Lipinski definition) is 7. The third-order valence-electron chi connectivity index (χ3n) is 6.60. The first-order valence-electron chi connectivity index (χ1n) is 12.2. The number of morpholine rings is 1. The fraction of sp³-hybridized carbons (Fsp3) is 0.462. The smallest absolute Gasteiger partial charge is 0.290 e. The zero-order valence-corrected chi connectivity index (χ0v) is 20.5. The molecule has 0 radical (unpaired) electrons. The van der Waals surface area contributed by atoms with E-state index >= 15 is 0 Å². The Bertz CT molecular complexity index is 1080. The van der Waals surface area contributed by atoms with Crippen molar-refractivity contribution in [3.05, 3.63) is 70.2 Å². The second-order valence-corrected chi connectivity index (χ2v) is 10.1. The van der Waals surface area contributed by atoms with Gasteiger partial charge < -0.3 is 23.8 Å². The Morgan fingerprint density at radius 2 is 1.94 bits per heavy atom. The topological polar surface area (TPSA) is 88.2 Å². The quantitative estimate of drug-likeness (QED) is 0.477. The zero-order chi connectivity index (χ0) is 24.0. The van der Waals surface area contributed by atoms with E-state index in [9.17, 15) is 9.59 Å². The fourth-order valence-corrected chi connectivity index (χ4v) is 5.47. The summed E-state index contributed by atoms with van der Waals surface area (Å²) in [4.78, 5) is 32.2. The molecule has 0 bridgehead atoms. The van der Waals surface area contributed by atoms with Crippen molar-refractivity contribution in [1.82, 2.24) is 15.1 Å². The maximum atomic E-state index is 13.8. The summed E-state index contributed by atoms with van der Waals surface area (Å²) < 4.78 is 17.1. The van der Waals surface area contributed by atoms with Crippen molar-refractivity contribution in [2.24, 2.45) is 0 Å². The van der Waals surface area contributed by atoms with Gasteiger partial charge in [-0.2, -0.15) is 0 Å². The Morgan fingerprint density at radius 1 is 1.11 bits per heavy atom. The number of nitrogens with one attached hydrogen (secondary N) is 1. The molecule has 1 N–H and O–H groups in total. The Labute approximate surface area is 208 Å². The minimum Gasteiger partial charge on any atom is -0.467 e. The van der Waals surface area contributed by atoms with Gasteiger partial charge in [0.15, 0.2) is 11.8 Å². The molecule has 2 aliphatic rings. The molecule has 0 unspecified atom stereocenters. The predicted octanol–water partition coefficient (Wildman–Crippen LogP) is 4.21. The van der Waals surface area contributed by atoms with Crippen LogP contribution in [-0.2, 0) is 22.6 Å². The molecule has 9 heteroatoms. The van der Waals surface area contributed by atoms with Crippen LogP contribution < -0.4 is 5.32 Å². The third kappa shape index (κ3) is 5.86. The van der Waals surface area contributed by atoms with Crippen LogP contribution in [0.1, 0.15) is 58.7 Å². The number of furan rings is 2. The lowest BCUT2D eigenvalue weighted by atomic mass is 10.1. The van der Waals surface area contributed by atoms with Crippen molar-refractivity contribution in [2.75, 3.05) is 26.3 Å². The second-order valence-electron chi connectivity index (χ2n) is 9.07. The highest BCUT2D eigenvalue weighted by atomic mass is 32.1. The summed E-state index contributed by atoms with van der Waals surface area (Å²) in [6, 6.07) is 10.2. The molecular weight excluding hydrogens is 466 g/mol. The average molecular weight is 498 g/mol. The maximum absolute atomic E-state index is 13.8. The van der Waals surface area contributed by atoms with Gasteiger partial charge in [0.25, 0.3) is 11.8 Å². The summed E-state index contributed by atoms with van der Waals surface area (Å²) in [5.74, 6) is 0.809. The molecule has 3 aromatic rings. The van der Waals surface area contributed by atoms with E-state index in [1.165, 1.54) is 6.26 Å². The van der Waals surface area contributed by atoms with Gasteiger partial charge in [0.1, 0.15) is 11.5 Å². The van der Waals surface area contributed by atoms with Gasteiger partial charge >= 0.3 is 0 Å². The SMILES string of the molecule is O=C(NC1CCCC1)[C@@H](c1ccco1)N(Cc1cccs1)C(=O)c1ccc(CN2CCOCC2)o1. The van der Waals surface area contributed by atoms with Gasteiger partial charge in [-0.3, -0.25) is 14.5 Å². The van der Waals surface area contributed by atoms with Gasteiger partial charge in [-0.25, -0.2) is 0 Å². The van der Waals surface area contributed by atoms with Crippen LogP contribution in [0.3, 0.4) is 0 Å². The zero-order valence-electron chi connectivity index (χ0n) is 19.7. The molecule has 35 heavy (non-hydrogen) atoms. The molecule has 0 aromatic carbocycles. The summed E-state index contributed by atoms with van der Waals surface area (Å²) in [7, 11) is 0. The van der Waals surface area contributed by atoms with Crippen molar-refractivity contribution in [3.63, 3.8) is 0 Å². The first-order chi connectivity index (χ1) is 17.2. The van der Waals surface area contributed by atoms with Gasteiger partial charge in [-0.1, -0.05) is 18.9 Å². The van der Waals surface area contributed by atoms with E-state index in [4.69, 9.17) is 13.6 Å². The summed E-state index contributed by atoms with van der Waals surface area (Å²) in [5.41, 5.74) is 0. The van der Waals surface area contributed by atoms with Crippen molar-refractivity contribution in [2.45, 2.75) is 50.9 Å². The summed E-state index contributed by atoms with van der Waals surface area (Å²) in [6.45, 7) is 3.95. The Kier molecular flexibility index (Phi) is 7.66. The lowest BCUT2D eigenvalue weighted by Crippen LogP contribution is -2.45. The van der Waals surface area contributed by atoms with Gasteiger partial charge in [0.05, 0.1) is 32.6 Å². The van der Waals surface area contributed by atoms with E-state index in [0.717, 1.165) is 49.4 Å². The van der Waals surface area contributed by atoms with Crippen LogP contribution in [0.5, 0.6) is 0 Å².